The average Bonchev–Trinajstić information content (AvgIpc) is 2.24. The van der Waals surface area contributed by atoms with Crippen molar-refractivity contribution < 1.29 is 9.53 Å². The van der Waals surface area contributed by atoms with Crippen molar-refractivity contribution in [2.24, 2.45) is 5.92 Å². The van der Waals surface area contributed by atoms with Crippen molar-refractivity contribution in [1.82, 2.24) is 0 Å². The predicted molar refractivity (Wildman–Crippen MR) is 45.9 cm³/mol. The lowest BCUT2D eigenvalue weighted by Gasteiger charge is -2.31. The average molecular weight is 168 g/mol. The van der Waals surface area contributed by atoms with Crippen molar-refractivity contribution in [3.8, 4) is 0 Å². The second-order valence-electron chi connectivity index (χ2n) is 4.05. The molecule has 0 saturated heterocycles. The Kier molecular flexibility index (Phi) is 1.95. The smallest absolute Gasteiger partial charge is 0.138 e. The summed E-state index contributed by atoms with van der Waals surface area (Å²) in [5, 5.41) is 0. The Morgan fingerprint density at radius 1 is 1.67 bits per heavy atom. The summed E-state index contributed by atoms with van der Waals surface area (Å²) in [7, 11) is 0. The zero-order valence-corrected chi connectivity index (χ0v) is 7.64. The molecule has 2 unspecified atom stereocenters. The van der Waals surface area contributed by atoms with Crippen LogP contribution < -0.4 is 0 Å². The molecule has 2 aliphatic carbocycles. The monoisotopic (exact) mass is 168 g/mol. The van der Waals surface area contributed by atoms with Gasteiger partial charge in [-0.3, -0.25) is 4.79 Å². The van der Waals surface area contributed by atoms with E-state index < -0.39 is 0 Å². The van der Waals surface area contributed by atoms with Crippen LogP contribution >= 0.6 is 0 Å². The maximum atomic E-state index is 11.5. The van der Waals surface area contributed by atoms with Gasteiger partial charge in [0.05, 0.1) is 5.60 Å². The molecule has 2 rings (SSSR count). The lowest BCUT2D eigenvalue weighted by Crippen LogP contribution is -2.31. The van der Waals surface area contributed by atoms with Crippen LogP contribution in [0.4, 0.5) is 0 Å². The molecule has 2 atom stereocenters. The SMILES string of the molecule is CCOC12CCCC(C1)C(=O)C2. The summed E-state index contributed by atoms with van der Waals surface area (Å²) < 4.78 is 5.71. The number of carbonyl (C=O) groups excluding carboxylic acids is 1. The summed E-state index contributed by atoms with van der Waals surface area (Å²) in [5.41, 5.74) is -0.0330. The fourth-order valence-corrected chi connectivity index (χ4v) is 2.71. The number of rotatable bonds is 2. The van der Waals surface area contributed by atoms with Gasteiger partial charge in [-0.15, -0.1) is 0 Å². The van der Waals surface area contributed by atoms with Crippen molar-refractivity contribution in [2.45, 2.75) is 44.6 Å². The Balaban J connectivity index is 2.12. The molecular weight excluding hydrogens is 152 g/mol. The minimum atomic E-state index is -0.0330. The van der Waals surface area contributed by atoms with Crippen LogP contribution in [0.15, 0.2) is 0 Å². The van der Waals surface area contributed by atoms with Gasteiger partial charge in [0.25, 0.3) is 0 Å². The summed E-state index contributed by atoms with van der Waals surface area (Å²) >= 11 is 0. The van der Waals surface area contributed by atoms with Crippen LogP contribution in [-0.2, 0) is 9.53 Å². The lowest BCUT2D eigenvalue weighted by atomic mass is 9.85. The van der Waals surface area contributed by atoms with Gasteiger partial charge in [0, 0.05) is 18.9 Å². The molecule has 2 saturated carbocycles. The number of hydrogen-bond donors (Lipinski definition) is 0. The minimum Gasteiger partial charge on any atom is -0.375 e. The Hall–Kier alpha value is -0.370. The van der Waals surface area contributed by atoms with Gasteiger partial charge < -0.3 is 4.74 Å². The molecule has 0 radical (unpaired) electrons. The van der Waals surface area contributed by atoms with Crippen molar-refractivity contribution in [3.05, 3.63) is 0 Å². The zero-order chi connectivity index (χ0) is 8.60. The van der Waals surface area contributed by atoms with Crippen molar-refractivity contribution >= 4 is 5.78 Å². The highest BCUT2D eigenvalue weighted by molar-refractivity contribution is 5.85. The van der Waals surface area contributed by atoms with Crippen molar-refractivity contribution in [1.29, 1.82) is 0 Å². The molecule has 2 nitrogen and oxygen atoms in total. The highest BCUT2D eigenvalue weighted by atomic mass is 16.5. The molecule has 0 amide bonds. The van der Waals surface area contributed by atoms with Gasteiger partial charge in [0.2, 0.25) is 0 Å². The summed E-state index contributed by atoms with van der Waals surface area (Å²) in [6, 6.07) is 0. The Morgan fingerprint density at radius 3 is 3.25 bits per heavy atom. The van der Waals surface area contributed by atoms with E-state index in [0.29, 0.717) is 18.1 Å². The van der Waals surface area contributed by atoms with Crippen LogP contribution in [0.2, 0.25) is 0 Å². The molecule has 12 heavy (non-hydrogen) atoms. The fraction of sp³-hybridized carbons (Fsp3) is 0.900. The third kappa shape index (κ3) is 1.18. The molecule has 2 bridgehead atoms. The molecule has 0 N–H and O–H groups in total. The van der Waals surface area contributed by atoms with Crippen molar-refractivity contribution in [3.63, 3.8) is 0 Å². The van der Waals surface area contributed by atoms with Crippen LogP contribution in [0.3, 0.4) is 0 Å². The van der Waals surface area contributed by atoms with E-state index >= 15 is 0 Å². The fourth-order valence-electron chi connectivity index (χ4n) is 2.71. The molecule has 0 aromatic carbocycles. The summed E-state index contributed by atoms with van der Waals surface area (Å²) in [5.74, 6) is 0.784. The molecule has 0 heterocycles. The highest BCUT2D eigenvalue weighted by Gasteiger charge is 2.47. The van der Waals surface area contributed by atoms with Gasteiger partial charge in [-0.05, 0) is 32.6 Å². The van der Waals surface area contributed by atoms with Crippen LogP contribution in [0, 0.1) is 5.92 Å². The first-order valence-corrected chi connectivity index (χ1v) is 4.92. The predicted octanol–water partition coefficient (Wildman–Crippen LogP) is 1.92. The Labute approximate surface area is 73.3 Å². The zero-order valence-electron chi connectivity index (χ0n) is 7.64. The number of ketones is 1. The highest BCUT2D eigenvalue weighted by Crippen LogP contribution is 2.45. The van der Waals surface area contributed by atoms with Crippen molar-refractivity contribution in [2.75, 3.05) is 6.61 Å². The number of carbonyl (C=O) groups is 1. The Bertz CT molecular complexity index is 196. The number of Topliss-reactive ketones (excluding diaryl/α,β-unsaturated/α-hetero) is 1. The third-order valence-corrected chi connectivity index (χ3v) is 3.21. The van der Waals surface area contributed by atoms with Crippen LogP contribution in [0.1, 0.15) is 39.0 Å². The second-order valence-corrected chi connectivity index (χ2v) is 4.05. The molecular formula is C10H16O2. The summed E-state index contributed by atoms with van der Waals surface area (Å²) in [6.07, 6.45) is 5.07. The number of fused-ring (bicyclic) bond motifs is 2. The van der Waals surface area contributed by atoms with E-state index in [4.69, 9.17) is 4.74 Å². The van der Waals surface area contributed by atoms with Gasteiger partial charge >= 0.3 is 0 Å². The first kappa shape index (κ1) is 8.24. The van der Waals surface area contributed by atoms with Gasteiger partial charge in [0.1, 0.15) is 5.78 Å². The number of ether oxygens (including phenoxy) is 1. The standard InChI is InChI=1S/C10H16O2/c1-2-12-10-5-3-4-8(6-10)9(11)7-10/h8H,2-7H2,1H3. The van der Waals surface area contributed by atoms with E-state index in [-0.39, 0.29) is 5.60 Å². The van der Waals surface area contributed by atoms with E-state index in [2.05, 4.69) is 0 Å². The van der Waals surface area contributed by atoms with Gasteiger partial charge in [-0.1, -0.05) is 0 Å². The molecule has 0 aliphatic heterocycles. The van der Waals surface area contributed by atoms with E-state index in [9.17, 15) is 4.79 Å². The topological polar surface area (TPSA) is 26.3 Å². The molecule has 68 valence electrons. The maximum Gasteiger partial charge on any atom is 0.138 e. The largest absolute Gasteiger partial charge is 0.375 e. The van der Waals surface area contributed by atoms with Crippen LogP contribution in [-0.4, -0.2) is 18.0 Å². The normalized spacial score (nSPS) is 40.4. The quantitative estimate of drug-likeness (QED) is 0.629. The van der Waals surface area contributed by atoms with E-state index in [1.165, 1.54) is 6.42 Å². The molecule has 0 aromatic rings. The Morgan fingerprint density at radius 2 is 2.50 bits per heavy atom. The van der Waals surface area contributed by atoms with E-state index in [0.717, 1.165) is 25.9 Å². The first-order valence-electron chi connectivity index (χ1n) is 4.92. The van der Waals surface area contributed by atoms with Crippen LogP contribution in [0.25, 0.3) is 0 Å². The molecule has 0 aromatic heterocycles. The van der Waals surface area contributed by atoms with Gasteiger partial charge in [-0.2, -0.15) is 0 Å². The molecule has 2 fully saturated rings. The van der Waals surface area contributed by atoms with Crippen LogP contribution in [0.5, 0.6) is 0 Å². The maximum absolute atomic E-state index is 11.5. The summed E-state index contributed by atoms with van der Waals surface area (Å²) in [6.45, 7) is 2.77. The van der Waals surface area contributed by atoms with Gasteiger partial charge in [0.15, 0.2) is 0 Å². The molecule has 2 aliphatic rings. The van der Waals surface area contributed by atoms with E-state index in [1.54, 1.807) is 0 Å². The lowest BCUT2D eigenvalue weighted by molar-refractivity contribution is -0.121. The van der Waals surface area contributed by atoms with Gasteiger partial charge in [-0.25, -0.2) is 0 Å². The molecule has 0 spiro atoms. The minimum absolute atomic E-state index is 0.0330. The number of hydrogen-bond acceptors (Lipinski definition) is 2. The van der Waals surface area contributed by atoms with E-state index in [1.807, 2.05) is 6.92 Å². The molecule has 2 heteroatoms. The second kappa shape index (κ2) is 2.84. The third-order valence-electron chi connectivity index (χ3n) is 3.21. The first-order chi connectivity index (χ1) is 5.76. The summed E-state index contributed by atoms with van der Waals surface area (Å²) in [4.78, 5) is 11.5.